The first kappa shape index (κ1) is 20.1. The number of hydrogen-bond acceptors (Lipinski definition) is 5. The number of furan rings is 1. The Balaban J connectivity index is 1.42. The maximum atomic E-state index is 12.8. The number of carbonyl (C=O) groups excluding carboxylic acids is 2. The van der Waals surface area contributed by atoms with Crippen LogP contribution < -0.4 is 9.47 Å². The lowest BCUT2D eigenvalue weighted by molar-refractivity contribution is 0.0702. The summed E-state index contributed by atoms with van der Waals surface area (Å²) in [5.41, 5.74) is 3.47. The molecule has 0 spiro atoms. The molecule has 3 aromatic carbocycles. The van der Waals surface area contributed by atoms with Gasteiger partial charge in [0.1, 0.15) is 17.1 Å². The summed E-state index contributed by atoms with van der Waals surface area (Å²) in [5, 5.41) is 1.25. The third-order valence-corrected chi connectivity index (χ3v) is 5.49. The summed E-state index contributed by atoms with van der Waals surface area (Å²) in [4.78, 5) is 25.4. The van der Waals surface area contributed by atoms with E-state index in [0.717, 1.165) is 11.1 Å². The molecule has 158 valence electrons. The lowest BCUT2D eigenvalue weighted by Gasteiger charge is -2.09. The van der Waals surface area contributed by atoms with Crippen molar-refractivity contribution in [1.29, 1.82) is 0 Å². The Labute approximate surface area is 188 Å². The molecule has 0 radical (unpaired) electrons. The molecule has 32 heavy (non-hydrogen) atoms. The summed E-state index contributed by atoms with van der Waals surface area (Å²) in [6, 6.07) is 17.6. The molecule has 0 fully saturated rings. The van der Waals surface area contributed by atoms with Crippen LogP contribution in [0.15, 0.2) is 70.8 Å². The van der Waals surface area contributed by atoms with Crippen molar-refractivity contribution in [1.82, 2.24) is 0 Å². The van der Waals surface area contributed by atoms with Gasteiger partial charge in [-0.05, 0) is 61.9 Å². The predicted molar refractivity (Wildman–Crippen MR) is 121 cm³/mol. The maximum Gasteiger partial charge on any atom is 0.379 e. The average molecular weight is 445 g/mol. The molecule has 4 aromatic rings. The van der Waals surface area contributed by atoms with Crippen molar-refractivity contribution < 1.29 is 23.5 Å². The largest absolute Gasteiger partial charge is 0.452 e. The van der Waals surface area contributed by atoms with Gasteiger partial charge in [-0.15, -0.1) is 0 Å². The highest BCUT2D eigenvalue weighted by Crippen LogP contribution is 2.39. The Morgan fingerprint density at radius 3 is 2.69 bits per heavy atom. The fourth-order valence-electron chi connectivity index (χ4n) is 3.65. The Morgan fingerprint density at radius 2 is 1.88 bits per heavy atom. The standard InChI is InChI=1S/C26H17ClO5/c1-14-4-3-5-16(10-14)11-22-24(28)19-7-9-20(15(2)25(19)31-22)32-26(29)23-13-17-12-18(27)6-8-21(17)30-23/h3-13H,1-2H3/b22-11-. The van der Waals surface area contributed by atoms with E-state index in [1.54, 1.807) is 49.4 Å². The molecule has 5 rings (SSSR count). The highest BCUT2D eigenvalue weighted by Gasteiger charge is 2.31. The molecule has 6 heteroatoms. The number of ketones is 1. The minimum absolute atomic E-state index is 0.0548. The van der Waals surface area contributed by atoms with Gasteiger partial charge in [-0.2, -0.15) is 0 Å². The summed E-state index contributed by atoms with van der Waals surface area (Å²) < 4.78 is 17.0. The molecule has 0 N–H and O–H groups in total. The third-order valence-electron chi connectivity index (χ3n) is 5.26. The fraction of sp³-hybridized carbons (Fsp3) is 0.0769. The first-order chi connectivity index (χ1) is 15.4. The summed E-state index contributed by atoms with van der Waals surface area (Å²) in [6.45, 7) is 3.72. The van der Waals surface area contributed by atoms with E-state index in [2.05, 4.69) is 0 Å². The maximum absolute atomic E-state index is 12.8. The van der Waals surface area contributed by atoms with Crippen molar-refractivity contribution in [3.8, 4) is 11.5 Å². The van der Waals surface area contributed by atoms with Crippen LogP contribution in [0, 0.1) is 13.8 Å². The van der Waals surface area contributed by atoms with Crippen molar-refractivity contribution in [2.24, 2.45) is 0 Å². The van der Waals surface area contributed by atoms with E-state index >= 15 is 0 Å². The van der Waals surface area contributed by atoms with Gasteiger partial charge < -0.3 is 13.9 Å². The van der Waals surface area contributed by atoms with Crippen molar-refractivity contribution in [3.63, 3.8) is 0 Å². The van der Waals surface area contributed by atoms with Crippen LogP contribution in [-0.4, -0.2) is 11.8 Å². The molecule has 5 nitrogen and oxygen atoms in total. The van der Waals surface area contributed by atoms with Gasteiger partial charge in [0, 0.05) is 16.0 Å². The van der Waals surface area contributed by atoms with Gasteiger partial charge in [-0.25, -0.2) is 4.79 Å². The smallest absolute Gasteiger partial charge is 0.379 e. The molecule has 0 saturated heterocycles. The molecule has 2 heterocycles. The zero-order chi connectivity index (χ0) is 22.4. The van der Waals surface area contributed by atoms with Gasteiger partial charge in [0.2, 0.25) is 11.5 Å². The van der Waals surface area contributed by atoms with E-state index in [1.807, 2.05) is 31.2 Å². The minimum Gasteiger partial charge on any atom is -0.452 e. The van der Waals surface area contributed by atoms with Crippen LogP contribution in [0.2, 0.25) is 5.02 Å². The van der Waals surface area contributed by atoms with Gasteiger partial charge in [0.15, 0.2) is 5.76 Å². The first-order valence-corrected chi connectivity index (χ1v) is 10.3. The molecular weight excluding hydrogens is 428 g/mol. The van der Waals surface area contributed by atoms with E-state index in [-0.39, 0.29) is 23.1 Å². The zero-order valence-corrected chi connectivity index (χ0v) is 18.0. The second-order valence-corrected chi connectivity index (χ2v) is 8.04. The third kappa shape index (κ3) is 3.57. The quantitative estimate of drug-likeness (QED) is 0.204. The van der Waals surface area contributed by atoms with Gasteiger partial charge in [0.05, 0.1) is 5.56 Å². The topological polar surface area (TPSA) is 65.7 Å². The predicted octanol–water partition coefficient (Wildman–Crippen LogP) is 6.54. The molecule has 0 amide bonds. The normalized spacial score (nSPS) is 14.0. The number of aryl methyl sites for hydroxylation is 1. The Bertz CT molecular complexity index is 1440. The second kappa shape index (κ2) is 7.70. The molecule has 0 unspecified atom stereocenters. The monoisotopic (exact) mass is 444 g/mol. The molecule has 0 saturated carbocycles. The number of carbonyl (C=O) groups is 2. The summed E-state index contributed by atoms with van der Waals surface area (Å²) in [6.07, 6.45) is 1.71. The van der Waals surface area contributed by atoms with E-state index in [1.165, 1.54) is 0 Å². The first-order valence-electron chi connectivity index (χ1n) is 9.95. The Morgan fingerprint density at radius 1 is 1.03 bits per heavy atom. The number of esters is 1. The minimum atomic E-state index is -0.653. The molecule has 1 aliphatic heterocycles. The van der Waals surface area contributed by atoms with E-state index < -0.39 is 5.97 Å². The lowest BCUT2D eigenvalue weighted by Crippen LogP contribution is -2.08. The highest BCUT2D eigenvalue weighted by atomic mass is 35.5. The molecule has 1 aliphatic rings. The number of halogens is 1. The van der Waals surface area contributed by atoms with Gasteiger partial charge in [-0.3, -0.25) is 4.79 Å². The average Bonchev–Trinajstić information content (AvgIpc) is 3.32. The van der Waals surface area contributed by atoms with Crippen LogP contribution in [0.1, 0.15) is 37.6 Å². The van der Waals surface area contributed by atoms with E-state index in [9.17, 15) is 9.59 Å². The number of benzene rings is 3. The number of allylic oxidation sites excluding steroid dienone is 1. The number of hydrogen-bond donors (Lipinski definition) is 0. The number of rotatable bonds is 3. The summed E-state index contributed by atoms with van der Waals surface area (Å²) in [7, 11) is 0. The molecule has 0 bridgehead atoms. The van der Waals surface area contributed by atoms with Crippen LogP contribution >= 0.6 is 11.6 Å². The Kier molecular flexibility index (Phi) is 4.83. The molecule has 0 aliphatic carbocycles. The van der Waals surface area contributed by atoms with Crippen LogP contribution in [0.5, 0.6) is 11.5 Å². The van der Waals surface area contributed by atoms with Crippen LogP contribution in [0.3, 0.4) is 0 Å². The number of Topliss-reactive ketones (excluding diaryl/α,β-unsaturated/α-hetero) is 1. The molecule has 1 aromatic heterocycles. The van der Waals surface area contributed by atoms with E-state index in [0.29, 0.717) is 32.9 Å². The zero-order valence-electron chi connectivity index (χ0n) is 17.3. The molecular formula is C26H17ClO5. The Hall–Kier alpha value is -3.83. The van der Waals surface area contributed by atoms with Crippen molar-refractivity contribution >= 4 is 40.4 Å². The highest BCUT2D eigenvalue weighted by molar-refractivity contribution is 6.31. The summed E-state index contributed by atoms with van der Waals surface area (Å²) >= 11 is 5.99. The van der Waals surface area contributed by atoms with Crippen LogP contribution in [0.4, 0.5) is 0 Å². The van der Waals surface area contributed by atoms with Crippen LogP contribution in [-0.2, 0) is 0 Å². The van der Waals surface area contributed by atoms with E-state index in [4.69, 9.17) is 25.5 Å². The van der Waals surface area contributed by atoms with Crippen molar-refractivity contribution in [3.05, 3.63) is 99.5 Å². The molecule has 0 atom stereocenters. The van der Waals surface area contributed by atoms with Gasteiger partial charge in [-0.1, -0.05) is 41.4 Å². The van der Waals surface area contributed by atoms with Crippen molar-refractivity contribution in [2.75, 3.05) is 0 Å². The second-order valence-electron chi connectivity index (χ2n) is 7.60. The summed E-state index contributed by atoms with van der Waals surface area (Å²) in [5.74, 6) is 0.0924. The number of fused-ring (bicyclic) bond motifs is 2. The van der Waals surface area contributed by atoms with Gasteiger partial charge >= 0.3 is 5.97 Å². The van der Waals surface area contributed by atoms with Gasteiger partial charge in [0.25, 0.3) is 0 Å². The van der Waals surface area contributed by atoms with Crippen LogP contribution in [0.25, 0.3) is 17.0 Å². The lowest BCUT2D eigenvalue weighted by atomic mass is 10.1. The SMILES string of the molecule is Cc1cccc(/C=C2\Oc3c(ccc(OC(=O)c4cc5cc(Cl)ccc5o4)c3C)C2=O)c1. The fourth-order valence-corrected chi connectivity index (χ4v) is 3.84. The number of ether oxygens (including phenoxy) is 2. The van der Waals surface area contributed by atoms with Crippen molar-refractivity contribution in [2.45, 2.75) is 13.8 Å².